The Balaban J connectivity index is 1.61. The fraction of sp³-hybridized carbons (Fsp3) is 0.333. The summed E-state index contributed by atoms with van der Waals surface area (Å²) in [5, 5.41) is 5.56. The number of anilines is 2. The smallest absolute Gasteiger partial charge is 0.417 e. The highest BCUT2D eigenvalue weighted by molar-refractivity contribution is 5.88. The lowest BCUT2D eigenvalue weighted by Crippen LogP contribution is -2.40. The molecular weight excluding hydrogens is 373 g/mol. The minimum Gasteiger partial charge on any atom is -0.447 e. The molecular formula is C21H22FN5O2. The molecule has 1 amide bonds. The second-order valence-corrected chi connectivity index (χ2v) is 7.17. The van der Waals surface area contributed by atoms with Gasteiger partial charge in [-0.25, -0.2) is 14.1 Å². The molecule has 0 saturated carbocycles. The summed E-state index contributed by atoms with van der Waals surface area (Å²) in [5.74, 6) is 0.828. The molecule has 1 N–H and O–H groups in total. The molecule has 1 aromatic heterocycles. The molecule has 3 atom stereocenters. The second kappa shape index (κ2) is 7.62. The molecule has 1 unspecified atom stereocenters. The Morgan fingerprint density at radius 2 is 1.90 bits per heavy atom. The number of cyclic esters (lactones) is 1. The van der Waals surface area contributed by atoms with Gasteiger partial charge in [0.2, 0.25) is 11.9 Å². The maximum absolute atomic E-state index is 13.9. The third kappa shape index (κ3) is 3.83. The maximum Gasteiger partial charge on any atom is 0.417 e. The van der Waals surface area contributed by atoms with Gasteiger partial charge in [0.15, 0.2) is 0 Å². The van der Waals surface area contributed by atoms with Gasteiger partial charge in [-0.3, -0.25) is 0 Å². The summed E-state index contributed by atoms with van der Waals surface area (Å²) in [4.78, 5) is 26.1. The van der Waals surface area contributed by atoms with E-state index in [2.05, 4.69) is 44.5 Å². The van der Waals surface area contributed by atoms with Crippen LogP contribution in [0.1, 0.15) is 31.3 Å². The van der Waals surface area contributed by atoms with Gasteiger partial charge in [-0.2, -0.15) is 15.0 Å². The van der Waals surface area contributed by atoms with Crippen LogP contribution in [0.15, 0.2) is 42.5 Å². The molecule has 1 saturated heterocycles. The molecule has 150 valence electrons. The predicted molar refractivity (Wildman–Crippen MR) is 109 cm³/mol. The van der Waals surface area contributed by atoms with Gasteiger partial charge in [0, 0.05) is 0 Å². The topological polar surface area (TPSA) is 80.2 Å². The summed E-state index contributed by atoms with van der Waals surface area (Å²) in [6.07, 6.45) is -1.93. The van der Waals surface area contributed by atoms with Crippen molar-refractivity contribution in [3.8, 4) is 0 Å². The van der Waals surface area contributed by atoms with Gasteiger partial charge >= 0.3 is 6.09 Å². The minimum atomic E-state index is -1.27. The number of nitrogens with zero attached hydrogens (tertiary/aromatic N) is 4. The molecule has 1 fully saturated rings. The lowest BCUT2D eigenvalue weighted by atomic mass is 10.0. The summed E-state index contributed by atoms with van der Waals surface area (Å²) >= 11 is 0. The molecule has 4 rings (SSSR count). The second-order valence-electron chi connectivity index (χ2n) is 7.17. The van der Waals surface area contributed by atoms with Crippen molar-refractivity contribution < 1.29 is 13.9 Å². The van der Waals surface area contributed by atoms with E-state index in [4.69, 9.17) is 4.74 Å². The van der Waals surface area contributed by atoms with Gasteiger partial charge in [-0.1, -0.05) is 36.4 Å². The van der Waals surface area contributed by atoms with Gasteiger partial charge < -0.3 is 10.1 Å². The molecule has 0 spiro atoms. The third-order valence-corrected chi connectivity index (χ3v) is 5.01. The van der Waals surface area contributed by atoms with Crippen LogP contribution < -0.4 is 10.2 Å². The van der Waals surface area contributed by atoms with Crippen molar-refractivity contribution in [2.75, 3.05) is 16.8 Å². The van der Waals surface area contributed by atoms with E-state index in [-0.39, 0.29) is 18.6 Å². The zero-order valence-electron chi connectivity index (χ0n) is 16.5. The number of benzene rings is 2. The van der Waals surface area contributed by atoms with Crippen molar-refractivity contribution in [3.63, 3.8) is 0 Å². The molecule has 1 aliphatic rings. The number of amides is 1. The molecule has 3 aromatic rings. The SMILES string of the molecule is Cc1nc(N[C@@H](C)c2ccc3ccccc3c2)nc(N2C(=O)OCC2[C@H](C)F)n1. The number of alkyl halides is 1. The quantitative estimate of drug-likeness (QED) is 0.698. The van der Waals surface area contributed by atoms with Crippen LogP contribution in [0, 0.1) is 6.92 Å². The number of carbonyl (C=O) groups excluding carboxylic acids is 1. The highest BCUT2D eigenvalue weighted by Crippen LogP contribution is 2.26. The number of aromatic nitrogens is 3. The summed E-state index contributed by atoms with van der Waals surface area (Å²) in [6.45, 7) is 5.05. The van der Waals surface area contributed by atoms with Gasteiger partial charge in [-0.05, 0) is 43.2 Å². The lowest BCUT2D eigenvalue weighted by Gasteiger charge is -2.21. The highest BCUT2D eigenvalue weighted by Gasteiger charge is 2.40. The van der Waals surface area contributed by atoms with E-state index in [1.807, 2.05) is 25.1 Å². The van der Waals surface area contributed by atoms with Gasteiger partial charge in [0.25, 0.3) is 0 Å². The zero-order valence-corrected chi connectivity index (χ0v) is 16.5. The van der Waals surface area contributed by atoms with E-state index in [0.29, 0.717) is 11.8 Å². The number of fused-ring (bicyclic) bond motifs is 1. The number of ether oxygens (including phenoxy) is 1. The Bertz CT molecular complexity index is 1060. The first kappa shape index (κ1) is 19.0. The number of hydrogen-bond donors (Lipinski definition) is 1. The number of rotatable bonds is 5. The summed E-state index contributed by atoms with van der Waals surface area (Å²) in [6, 6.07) is 13.5. The molecule has 2 heterocycles. The average molecular weight is 395 g/mol. The highest BCUT2D eigenvalue weighted by atomic mass is 19.1. The third-order valence-electron chi connectivity index (χ3n) is 5.01. The van der Waals surface area contributed by atoms with Crippen LogP contribution in [0.25, 0.3) is 10.8 Å². The molecule has 2 aromatic carbocycles. The van der Waals surface area contributed by atoms with Crippen molar-refractivity contribution in [1.82, 2.24) is 15.0 Å². The van der Waals surface area contributed by atoms with Crippen LogP contribution in [0.2, 0.25) is 0 Å². The fourth-order valence-corrected chi connectivity index (χ4v) is 3.40. The Hall–Kier alpha value is -3.29. The summed E-state index contributed by atoms with van der Waals surface area (Å²) < 4.78 is 18.9. The van der Waals surface area contributed by atoms with E-state index in [1.165, 1.54) is 12.3 Å². The molecule has 0 bridgehead atoms. The van der Waals surface area contributed by atoms with E-state index in [0.717, 1.165) is 15.8 Å². The van der Waals surface area contributed by atoms with Crippen molar-refractivity contribution in [2.45, 2.75) is 39.0 Å². The lowest BCUT2D eigenvalue weighted by molar-refractivity contribution is 0.174. The molecule has 7 nitrogen and oxygen atoms in total. The Morgan fingerprint density at radius 1 is 1.14 bits per heavy atom. The van der Waals surface area contributed by atoms with Crippen molar-refractivity contribution in [2.24, 2.45) is 0 Å². The van der Waals surface area contributed by atoms with Crippen LogP contribution in [0.5, 0.6) is 0 Å². The van der Waals surface area contributed by atoms with Gasteiger partial charge in [-0.15, -0.1) is 0 Å². The van der Waals surface area contributed by atoms with E-state index < -0.39 is 18.3 Å². The predicted octanol–water partition coefficient (Wildman–Crippen LogP) is 4.19. The fourth-order valence-electron chi connectivity index (χ4n) is 3.40. The summed E-state index contributed by atoms with van der Waals surface area (Å²) in [5.41, 5.74) is 1.07. The molecule has 1 aliphatic heterocycles. The van der Waals surface area contributed by atoms with Crippen LogP contribution >= 0.6 is 0 Å². The van der Waals surface area contributed by atoms with Crippen molar-refractivity contribution >= 4 is 28.8 Å². The first-order chi connectivity index (χ1) is 13.9. The first-order valence-electron chi connectivity index (χ1n) is 9.50. The Labute approximate surface area is 167 Å². The largest absolute Gasteiger partial charge is 0.447 e. The van der Waals surface area contributed by atoms with Crippen molar-refractivity contribution in [3.05, 3.63) is 53.9 Å². The molecule has 29 heavy (non-hydrogen) atoms. The standard InChI is InChI=1S/C21H22FN5O2/c1-12(22)18-11-29-21(28)27(18)20-25-14(3)24-19(26-20)23-13(2)16-9-8-15-6-4-5-7-17(15)10-16/h4-10,12-13,18H,11H2,1-3H3,(H,23,24,25,26)/t12-,13-,18?/m0/s1. The molecule has 0 aliphatic carbocycles. The zero-order chi connectivity index (χ0) is 20.5. The first-order valence-corrected chi connectivity index (χ1v) is 9.50. The number of halogens is 1. The van der Waals surface area contributed by atoms with E-state index >= 15 is 0 Å². The Kier molecular flexibility index (Phi) is 5.00. The van der Waals surface area contributed by atoms with Gasteiger partial charge in [0.1, 0.15) is 24.6 Å². The van der Waals surface area contributed by atoms with Crippen LogP contribution in [-0.2, 0) is 4.74 Å². The number of aryl methyl sites for hydroxylation is 1. The minimum absolute atomic E-state index is 0.0303. The van der Waals surface area contributed by atoms with E-state index in [1.54, 1.807) is 6.92 Å². The summed E-state index contributed by atoms with van der Waals surface area (Å²) in [7, 11) is 0. The van der Waals surface area contributed by atoms with Crippen molar-refractivity contribution in [1.29, 1.82) is 0 Å². The van der Waals surface area contributed by atoms with Crippen LogP contribution in [0.3, 0.4) is 0 Å². The normalized spacial score (nSPS) is 18.6. The van der Waals surface area contributed by atoms with Gasteiger partial charge in [0.05, 0.1) is 6.04 Å². The number of carbonyl (C=O) groups is 1. The number of hydrogen-bond acceptors (Lipinski definition) is 6. The van der Waals surface area contributed by atoms with Crippen LogP contribution in [0.4, 0.5) is 21.1 Å². The van der Waals surface area contributed by atoms with Crippen LogP contribution in [-0.4, -0.2) is 39.9 Å². The average Bonchev–Trinajstić information content (AvgIpc) is 3.09. The Morgan fingerprint density at radius 3 is 2.66 bits per heavy atom. The monoisotopic (exact) mass is 395 g/mol. The maximum atomic E-state index is 13.9. The number of nitrogens with one attached hydrogen (secondary N) is 1. The molecule has 0 radical (unpaired) electrons. The van der Waals surface area contributed by atoms with E-state index in [9.17, 15) is 9.18 Å². The molecule has 8 heteroatoms.